The third kappa shape index (κ3) is 3.24. The van der Waals surface area contributed by atoms with Crippen molar-refractivity contribution in [3.8, 4) is 0 Å². The second-order valence-corrected chi connectivity index (χ2v) is 7.19. The summed E-state index contributed by atoms with van der Waals surface area (Å²) in [6.07, 6.45) is 1.28. The Labute approximate surface area is 161 Å². The minimum Gasteiger partial charge on any atom is -0.449 e. The number of benzene rings is 1. The van der Waals surface area contributed by atoms with Crippen molar-refractivity contribution in [3.63, 3.8) is 0 Å². The van der Waals surface area contributed by atoms with E-state index in [-0.39, 0.29) is 11.3 Å². The van der Waals surface area contributed by atoms with Gasteiger partial charge in [0.25, 0.3) is 11.8 Å². The van der Waals surface area contributed by atoms with Crippen LogP contribution < -0.4 is 10.2 Å². The second kappa shape index (κ2) is 6.66. The fourth-order valence-electron chi connectivity index (χ4n) is 2.06. The third-order valence-corrected chi connectivity index (χ3v) is 5.38. The monoisotopic (exact) mass is 516 g/mol. The van der Waals surface area contributed by atoms with Crippen molar-refractivity contribution in [2.45, 2.75) is 0 Å². The lowest BCUT2D eigenvalue weighted by molar-refractivity contribution is -0.122. The van der Waals surface area contributed by atoms with Crippen LogP contribution in [0.1, 0.15) is 5.76 Å². The summed E-state index contributed by atoms with van der Waals surface area (Å²) in [4.78, 5) is 37.6. The van der Waals surface area contributed by atoms with Crippen molar-refractivity contribution in [3.05, 3.63) is 55.3 Å². The summed E-state index contributed by atoms with van der Waals surface area (Å²) in [5.74, 6) is -1.21. The van der Waals surface area contributed by atoms with E-state index in [2.05, 4.69) is 53.1 Å². The molecule has 9 heteroatoms. The highest BCUT2D eigenvalue weighted by molar-refractivity contribution is 9.13. The molecule has 1 aliphatic heterocycles. The molecule has 1 aliphatic rings. The number of imide groups is 2. The van der Waals surface area contributed by atoms with Crippen LogP contribution in [0.2, 0.25) is 0 Å². The van der Waals surface area contributed by atoms with Gasteiger partial charge >= 0.3 is 6.03 Å². The Kier molecular flexibility index (Phi) is 4.75. The van der Waals surface area contributed by atoms with E-state index in [1.54, 1.807) is 30.3 Å². The van der Waals surface area contributed by atoms with Gasteiger partial charge in [-0.15, -0.1) is 0 Å². The molecule has 1 aromatic carbocycles. The van der Waals surface area contributed by atoms with Crippen LogP contribution in [-0.4, -0.2) is 17.8 Å². The molecule has 0 saturated carbocycles. The molecule has 6 nitrogen and oxygen atoms in total. The number of nitrogens with zero attached hydrogens (tertiary/aromatic N) is 1. The van der Waals surface area contributed by atoms with Gasteiger partial charge in [-0.2, -0.15) is 0 Å². The molecule has 4 amide bonds. The highest BCUT2D eigenvalue weighted by Crippen LogP contribution is 2.29. The first-order chi connectivity index (χ1) is 11.4. The van der Waals surface area contributed by atoms with Gasteiger partial charge in [-0.05, 0) is 68.3 Å². The predicted octanol–water partition coefficient (Wildman–Crippen LogP) is 4.23. The van der Waals surface area contributed by atoms with Crippen molar-refractivity contribution in [1.82, 2.24) is 5.32 Å². The fraction of sp³-hybridized carbons (Fsp3) is 0. The molecule has 1 aromatic heterocycles. The SMILES string of the molecule is O=C1NC(=O)N(c2ccc(Br)cc2)C(=O)/C1=C/c1cc(Br)c(Br)o1. The lowest BCUT2D eigenvalue weighted by Gasteiger charge is -2.26. The number of halogens is 3. The number of hydrogen-bond acceptors (Lipinski definition) is 4. The van der Waals surface area contributed by atoms with Gasteiger partial charge in [-0.1, -0.05) is 15.9 Å². The number of carbonyl (C=O) groups is 3. The van der Waals surface area contributed by atoms with E-state index >= 15 is 0 Å². The summed E-state index contributed by atoms with van der Waals surface area (Å²) < 4.78 is 7.22. The van der Waals surface area contributed by atoms with Gasteiger partial charge in [0.05, 0.1) is 10.2 Å². The van der Waals surface area contributed by atoms with Crippen molar-refractivity contribution in [1.29, 1.82) is 0 Å². The van der Waals surface area contributed by atoms with Gasteiger partial charge in [0, 0.05) is 4.47 Å². The minimum absolute atomic E-state index is 0.203. The fourth-order valence-corrected chi connectivity index (χ4v) is 2.93. The summed E-state index contributed by atoms with van der Waals surface area (Å²) in [6, 6.07) is 7.36. The van der Waals surface area contributed by atoms with Crippen LogP contribution in [0.15, 0.2) is 53.9 Å². The number of urea groups is 1. The summed E-state index contributed by atoms with van der Waals surface area (Å²) in [5.41, 5.74) is 0.146. The molecule has 122 valence electrons. The van der Waals surface area contributed by atoms with Crippen molar-refractivity contribution >= 4 is 77.4 Å². The Morgan fingerprint density at radius 1 is 1.04 bits per heavy atom. The topological polar surface area (TPSA) is 79.6 Å². The number of amides is 4. The van der Waals surface area contributed by atoms with E-state index in [9.17, 15) is 14.4 Å². The lowest BCUT2D eigenvalue weighted by atomic mass is 10.1. The number of rotatable bonds is 2. The third-order valence-electron chi connectivity index (χ3n) is 3.14. The molecule has 0 radical (unpaired) electrons. The number of nitrogens with one attached hydrogen (secondary N) is 1. The van der Waals surface area contributed by atoms with Crippen LogP contribution in [0.4, 0.5) is 10.5 Å². The van der Waals surface area contributed by atoms with Gasteiger partial charge in [-0.3, -0.25) is 14.9 Å². The molecule has 1 saturated heterocycles. The van der Waals surface area contributed by atoms with Crippen LogP contribution in [0.25, 0.3) is 6.08 Å². The molecule has 0 unspecified atom stereocenters. The molecule has 0 bridgehead atoms. The molecule has 24 heavy (non-hydrogen) atoms. The average molecular weight is 519 g/mol. The minimum atomic E-state index is -0.800. The maximum atomic E-state index is 12.6. The molecule has 1 fully saturated rings. The van der Waals surface area contributed by atoms with Crippen molar-refractivity contribution in [2.24, 2.45) is 0 Å². The van der Waals surface area contributed by atoms with Crippen LogP contribution in [-0.2, 0) is 9.59 Å². The Hall–Kier alpha value is -1.71. The molecular formula is C15H7Br3N2O4. The molecule has 3 rings (SSSR count). The van der Waals surface area contributed by atoms with E-state index in [0.29, 0.717) is 14.8 Å². The van der Waals surface area contributed by atoms with E-state index in [1.165, 1.54) is 6.08 Å². The number of anilines is 1. The van der Waals surface area contributed by atoms with E-state index in [0.717, 1.165) is 9.37 Å². The first kappa shape index (κ1) is 17.1. The van der Waals surface area contributed by atoms with Gasteiger partial charge < -0.3 is 4.42 Å². The zero-order chi connectivity index (χ0) is 17.4. The zero-order valence-corrected chi connectivity index (χ0v) is 16.4. The largest absolute Gasteiger partial charge is 0.449 e. The highest BCUT2D eigenvalue weighted by atomic mass is 79.9. The number of hydrogen-bond donors (Lipinski definition) is 1. The molecule has 2 heterocycles. The predicted molar refractivity (Wildman–Crippen MR) is 97.3 cm³/mol. The van der Waals surface area contributed by atoms with E-state index in [1.807, 2.05) is 0 Å². The Balaban J connectivity index is 2.01. The number of carbonyl (C=O) groups excluding carboxylic acids is 3. The molecule has 1 N–H and O–H groups in total. The Morgan fingerprint density at radius 3 is 2.29 bits per heavy atom. The van der Waals surface area contributed by atoms with Crippen molar-refractivity contribution < 1.29 is 18.8 Å². The summed E-state index contributed by atoms with van der Waals surface area (Å²) in [5, 5.41) is 2.15. The van der Waals surface area contributed by atoms with Gasteiger partial charge in [0.15, 0.2) is 4.67 Å². The number of furan rings is 1. The first-order valence-corrected chi connectivity index (χ1v) is 8.86. The average Bonchev–Trinajstić information content (AvgIpc) is 2.83. The van der Waals surface area contributed by atoms with Gasteiger partial charge in [-0.25, -0.2) is 9.69 Å². The Bertz CT molecular complexity index is 867. The summed E-state index contributed by atoms with van der Waals surface area (Å²) in [7, 11) is 0. The standard InChI is InChI=1S/C15H7Br3N2O4/c16-7-1-3-8(4-2-7)20-14(22)10(13(21)19-15(20)23)5-9-6-11(17)12(18)24-9/h1-6H,(H,19,21,23)/b10-5+. The lowest BCUT2D eigenvalue weighted by Crippen LogP contribution is -2.54. The van der Waals surface area contributed by atoms with Crippen LogP contribution in [0, 0.1) is 0 Å². The first-order valence-electron chi connectivity index (χ1n) is 6.48. The second-order valence-electron chi connectivity index (χ2n) is 4.70. The number of barbiturate groups is 1. The maximum Gasteiger partial charge on any atom is 0.335 e. The molecular weight excluding hydrogens is 512 g/mol. The molecule has 0 spiro atoms. The van der Waals surface area contributed by atoms with Crippen LogP contribution in [0.5, 0.6) is 0 Å². The van der Waals surface area contributed by atoms with E-state index in [4.69, 9.17) is 4.42 Å². The van der Waals surface area contributed by atoms with Crippen molar-refractivity contribution in [2.75, 3.05) is 4.90 Å². The normalized spacial score (nSPS) is 16.7. The maximum absolute atomic E-state index is 12.6. The van der Waals surface area contributed by atoms with E-state index < -0.39 is 17.8 Å². The highest BCUT2D eigenvalue weighted by Gasteiger charge is 2.37. The van der Waals surface area contributed by atoms with Gasteiger partial charge in [0.1, 0.15) is 11.3 Å². The summed E-state index contributed by atoms with van der Waals surface area (Å²) >= 11 is 9.71. The quantitative estimate of drug-likeness (QED) is 0.476. The zero-order valence-electron chi connectivity index (χ0n) is 11.7. The summed E-state index contributed by atoms with van der Waals surface area (Å²) in [6.45, 7) is 0. The van der Waals surface area contributed by atoms with Gasteiger partial charge in [0.2, 0.25) is 0 Å². The molecule has 2 aromatic rings. The molecule has 0 aliphatic carbocycles. The smallest absolute Gasteiger partial charge is 0.335 e. The Morgan fingerprint density at radius 2 is 1.71 bits per heavy atom. The molecule has 0 atom stereocenters. The van der Waals surface area contributed by atoms with Crippen LogP contribution in [0.3, 0.4) is 0 Å². The van der Waals surface area contributed by atoms with Crippen LogP contribution >= 0.6 is 47.8 Å².